The molecule has 1 N–H and O–H groups in total. The number of halogens is 2. The average Bonchev–Trinajstić information content (AvgIpc) is 3.34. The molecule has 1 atom stereocenters. The van der Waals surface area contributed by atoms with Crippen LogP contribution in [-0.2, 0) is 16.2 Å². The van der Waals surface area contributed by atoms with Gasteiger partial charge in [0.25, 0.3) is 5.91 Å². The van der Waals surface area contributed by atoms with Gasteiger partial charge in [0, 0.05) is 23.9 Å². The fraction of sp³-hybridized carbons (Fsp3) is 0.440. The number of hydrogen-bond donors (Lipinski definition) is 1. The predicted molar refractivity (Wildman–Crippen MR) is 125 cm³/mol. The molecule has 2 aromatic carbocycles. The van der Waals surface area contributed by atoms with Crippen LogP contribution < -0.4 is 10.2 Å². The topological polar surface area (TPSA) is 52.7 Å². The minimum absolute atomic E-state index is 0.104. The molecule has 2 heterocycles. The molecule has 2 fully saturated rings. The summed E-state index contributed by atoms with van der Waals surface area (Å²) in [6.45, 7) is 2.54. The second kappa shape index (κ2) is 8.63. The number of carbonyl (C=O) groups is 2. The summed E-state index contributed by atoms with van der Waals surface area (Å²) in [5.74, 6) is -1.43. The Bertz CT molecular complexity index is 1110. The lowest BCUT2D eigenvalue weighted by molar-refractivity contribution is -0.123. The Labute approximate surface area is 196 Å². The van der Waals surface area contributed by atoms with Gasteiger partial charge in [-0.3, -0.25) is 9.69 Å². The van der Waals surface area contributed by atoms with E-state index in [0.29, 0.717) is 23.5 Å². The molecule has 3 amide bonds. The number of hydrogen-bond acceptors (Lipinski definition) is 3. The Morgan fingerprint density at radius 3 is 2.67 bits per heavy atom. The van der Waals surface area contributed by atoms with Gasteiger partial charge >= 0.3 is 6.03 Å². The third kappa shape index (κ3) is 3.78. The number of aryl methyl sites for hydroxylation is 1. The van der Waals surface area contributed by atoms with Crippen LogP contribution in [0.5, 0.6) is 0 Å². The van der Waals surface area contributed by atoms with E-state index in [2.05, 4.69) is 5.32 Å². The van der Waals surface area contributed by atoms with Gasteiger partial charge in [-0.1, -0.05) is 43.0 Å². The van der Waals surface area contributed by atoms with Crippen molar-refractivity contribution in [2.75, 3.05) is 17.2 Å². The van der Waals surface area contributed by atoms with E-state index in [-0.39, 0.29) is 24.5 Å². The molecule has 3 aliphatic rings. The maximum absolute atomic E-state index is 14.0. The first-order chi connectivity index (χ1) is 15.9. The van der Waals surface area contributed by atoms with Gasteiger partial charge in [-0.25, -0.2) is 13.6 Å². The number of nitrogens with one attached hydrogen (secondary N) is 1. The van der Waals surface area contributed by atoms with Crippen molar-refractivity contribution in [1.82, 2.24) is 10.2 Å². The number of carbonyl (C=O) groups excluding carboxylic acids is 2. The summed E-state index contributed by atoms with van der Waals surface area (Å²) < 4.78 is 27.3. The molecule has 174 valence electrons. The first-order valence-corrected chi connectivity index (χ1v) is 12.5. The molecule has 0 radical (unpaired) electrons. The lowest BCUT2D eigenvalue weighted by atomic mass is 9.95. The molecule has 1 saturated heterocycles. The minimum Gasteiger partial charge on any atom is -0.335 e. The van der Waals surface area contributed by atoms with Gasteiger partial charge in [0.2, 0.25) is 0 Å². The molecule has 2 aromatic rings. The monoisotopic (exact) mass is 471 g/mol. The number of urea groups is 1. The summed E-state index contributed by atoms with van der Waals surface area (Å²) in [6.07, 6.45) is 5.33. The highest BCUT2D eigenvalue weighted by Crippen LogP contribution is 2.54. The van der Waals surface area contributed by atoms with Gasteiger partial charge in [0.1, 0.15) is 0 Å². The van der Waals surface area contributed by atoms with Crippen LogP contribution in [0.3, 0.4) is 0 Å². The number of nitrogens with zero attached hydrogens (tertiary/aromatic N) is 2. The largest absolute Gasteiger partial charge is 0.335 e. The Balaban J connectivity index is 1.50. The van der Waals surface area contributed by atoms with Crippen LogP contribution in [0.25, 0.3) is 0 Å². The van der Waals surface area contributed by atoms with Crippen molar-refractivity contribution in [3.63, 3.8) is 0 Å². The number of anilines is 1. The summed E-state index contributed by atoms with van der Waals surface area (Å²) >= 11 is 1.47. The Kier molecular flexibility index (Phi) is 5.80. The second-order valence-corrected chi connectivity index (χ2v) is 10.4. The molecule has 2 aliphatic heterocycles. The predicted octanol–water partition coefficient (Wildman–Crippen LogP) is 5.06. The minimum atomic E-state index is -1.14. The normalized spacial score (nSPS) is 22.8. The smallest absolute Gasteiger partial charge is 0.319 e. The van der Waals surface area contributed by atoms with Crippen LogP contribution in [0.4, 0.5) is 19.3 Å². The van der Waals surface area contributed by atoms with E-state index >= 15 is 0 Å². The Morgan fingerprint density at radius 1 is 1.12 bits per heavy atom. The second-order valence-electron chi connectivity index (χ2n) is 9.09. The van der Waals surface area contributed by atoms with Crippen LogP contribution in [0, 0.1) is 18.6 Å². The van der Waals surface area contributed by atoms with E-state index in [1.165, 1.54) is 24.2 Å². The highest BCUT2D eigenvalue weighted by atomic mass is 32.2. The zero-order chi connectivity index (χ0) is 23.2. The van der Waals surface area contributed by atoms with Crippen molar-refractivity contribution >= 4 is 29.4 Å². The quantitative estimate of drug-likeness (QED) is 0.681. The number of thioether (sulfide) groups is 1. The molecule has 8 heteroatoms. The molecular formula is C25H27F2N3O2S. The lowest BCUT2D eigenvalue weighted by Crippen LogP contribution is -2.55. The highest BCUT2D eigenvalue weighted by molar-refractivity contribution is 8.01. The van der Waals surface area contributed by atoms with E-state index in [4.69, 9.17) is 0 Å². The molecule has 5 rings (SSSR count). The van der Waals surface area contributed by atoms with E-state index in [9.17, 15) is 18.4 Å². The maximum Gasteiger partial charge on any atom is 0.319 e. The summed E-state index contributed by atoms with van der Waals surface area (Å²) in [6, 6.07) is 9.39. The number of rotatable bonds is 3. The van der Waals surface area contributed by atoms with Crippen LogP contribution in [0.2, 0.25) is 0 Å². The highest BCUT2D eigenvalue weighted by Gasteiger charge is 2.59. The number of amides is 3. The van der Waals surface area contributed by atoms with E-state index in [1.807, 2.05) is 25.1 Å². The molecule has 0 unspecified atom stereocenters. The third-order valence-electron chi connectivity index (χ3n) is 6.85. The van der Waals surface area contributed by atoms with Gasteiger partial charge < -0.3 is 10.2 Å². The van der Waals surface area contributed by atoms with E-state index < -0.39 is 16.5 Å². The molecular weight excluding hydrogens is 444 g/mol. The summed E-state index contributed by atoms with van der Waals surface area (Å²) in [4.78, 5) is 29.5. The maximum atomic E-state index is 14.0. The SMILES string of the molecule is Cc1ccc2c(c1)[C@@]1(SCCN1C(=O)NC1CCCCC1)C(=O)N2Cc1ccc(F)c(F)c1. The van der Waals surface area contributed by atoms with Crippen molar-refractivity contribution in [3.8, 4) is 0 Å². The molecule has 1 spiro atoms. The fourth-order valence-electron chi connectivity index (χ4n) is 5.21. The van der Waals surface area contributed by atoms with E-state index in [1.54, 1.807) is 9.80 Å². The number of benzene rings is 2. The van der Waals surface area contributed by atoms with Crippen molar-refractivity contribution in [2.24, 2.45) is 0 Å². The molecule has 0 bridgehead atoms. The Morgan fingerprint density at radius 2 is 1.91 bits per heavy atom. The van der Waals surface area contributed by atoms with Crippen molar-refractivity contribution in [3.05, 3.63) is 64.7 Å². The summed E-state index contributed by atoms with van der Waals surface area (Å²) in [7, 11) is 0. The summed E-state index contributed by atoms with van der Waals surface area (Å²) in [5.41, 5.74) is 2.99. The van der Waals surface area contributed by atoms with Gasteiger partial charge in [-0.05, 0) is 43.5 Å². The van der Waals surface area contributed by atoms with Crippen LogP contribution in [0.15, 0.2) is 36.4 Å². The van der Waals surface area contributed by atoms with Crippen LogP contribution >= 0.6 is 11.8 Å². The van der Waals surface area contributed by atoms with E-state index in [0.717, 1.165) is 48.9 Å². The van der Waals surface area contributed by atoms with Gasteiger partial charge in [-0.15, -0.1) is 11.8 Å². The van der Waals surface area contributed by atoms with Crippen molar-refractivity contribution in [2.45, 2.75) is 56.5 Å². The summed E-state index contributed by atoms with van der Waals surface area (Å²) in [5, 5.41) is 3.17. The number of fused-ring (bicyclic) bond motifs is 2. The van der Waals surface area contributed by atoms with Crippen molar-refractivity contribution < 1.29 is 18.4 Å². The lowest BCUT2D eigenvalue weighted by Gasteiger charge is -2.35. The third-order valence-corrected chi connectivity index (χ3v) is 8.27. The van der Waals surface area contributed by atoms with Gasteiger partial charge in [0.15, 0.2) is 16.5 Å². The van der Waals surface area contributed by atoms with Gasteiger partial charge in [0.05, 0.1) is 12.2 Å². The first-order valence-electron chi connectivity index (χ1n) is 11.5. The molecule has 5 nitrogen and oxygen atoms in total. The fourth-order valence-corrected chi connectivity index (χ4v) is 6.66. The van der Waals surface area contributed by atoms with Crippen LogP contribution in [-0.4, -0.2) is 35.2 Å². The zero-order valence-corrected chi connectivity index (χ0v) is 19.4. The van der Waals surface area contributed by atoms with Gasteiger partial charge in [-0.2, -0.15) is 0 Å². The van der Waals surface area contributed by atoms with Crippen molar-refractivity contribution in [1.29, 1.82) is 0 Å². The standard InChI is InChI=1S/C25H27F2N3O2S/c1-16-7-10-22-19(13-16)25(23(31)29(22)15-17-8-9-20(26)21(27)14-17)30(11-12-33-25)24(32)28-18-5-3-2-4-6-18/h7-10,13-14,18H,2-6,11-12,15H2,1H3,(H,28,32)/t25-/m1/s1. The van der Waals surface area contributed by atoms with Crippen LogP contribution in [0.1, 0.15) is 48.8 Å². The molecule has 1 saturated carbocycles. The average molecular weight is 472 g/mol. The first kappa shape index (κ1) is 22.2. The Hall–Kier alpha value is -2.61. The molecule has 33 heavy (non-hydrogen) atoms. The zero-order valence-electron chi connectivity index (χ0n) is 18.6. The molecule has 1 aliphatic carbocycles. The molecule has 0 aromatic heterocycles.